The minimum absolute atomic E-state index is 0.0296. The van der Waals surface area contributed by atoms with Crippen LogP contribution in [0.5, 0.6) is 0 Å². The molecule has 0 aromatic rings. The topological polar surface area (TPSA) is 104 Å². The van der Waals surface area contributed by atoms with E-state index in [-0.39, 0.29) is 17.9 Å². The first-order valence-corrected chi connectivity index (χ1v) is 3.23. The van der Waals surface area contributed by atoms with Gasteiger partial charge in [-0.15, -0.1) is 0 Å². The van der Waals surface area contributed by atoms with Crippen LogP contribution in [0.15, 0.2) is 11.5 Å². The largest absolute Gasteiger partial charge is 0.466 e. The van der Waals surface area contributed by atoms with Crippen LogP contribution in [0.25, 0.3) is 0 Å². The van der Waals surface area contributed by atoms with Crippen LogP contribution in [0.4, 0.5) is 0 Å². The lowest BCUT2D eigenvalue weighted by atomic mass is 10.3. The Morgan fingerprint density at radius 1 is 1.36 bits per heavy atom. The molecule has 0 aliphatic carbocycles. The van der Waals surface area contributed by atoms with Crippen molar-refractivity contribution in [1.82, 2.24) is 0 Å². The molecule has 0 aromatic heterocycles. The van der Waals surface area contributed by atoms with E-state index in [1.165, 1.54) is 0 Å². The molecule has 0 aromatic carbocycles. The van der Waals surface area contributed by atoms with Crippen LogP contribution in [0.1, 0.15) is 13.3 Å². The third kappa shape index (κ3) is 4.07. The highest BCUT2D eigenvalue weighted by Crippen LogP contribution is 1.95. The first-order chi connectivity index (χ1) is 5.07. The Morgan fingerprint density at radius 2 is 1.91 bits per heavy atom. The normalized spacial score (nSPS) is 8.82. The standard InChI is InChI=1S/C6H13N3O2/c1-2-11-5(10)3-4(7)6(8)9/h2-3,7-9H2,1H3. The summed E-state index contributed by atoms with van der Waals surface area (Å²) in [6.45, 7) is 2.04. The van der Waals surface area contributed by atoms with Crippen molar-refractivity contribution < 1.29 is 9.53 Å². The van der Waals surface area contributed by atoms with Crippen molar-refractivity contribution in [2.75, 3.05) is 6.61 Å². The maximum atomic E-state index is 10.7. The number of carbonyl (C=O) groups excluding carboxylic acids is 1. The quantitative estimate of drug-likeness (QED) is 0.457. The molecule has 64 valence electrons. The molecular formula is C6H13N3O2. The molecule has 0 spiro atoms. The van der Waals surface area contributed by atoms with Gasteiger partial charge in [-0.1, -0.05) is 0 Å². The molecule has 0 heterocycles. The van der Waals surface area contributed by atoms with E-state index in [2.05, 4.69) is 4.74 Å². The van der Waals surface area contributed by atoms with Crippen LogP contribution in [-0.4, -0.2) is 12.6 Å². The van der Waals surface area contributed by atoms with Gasteiger partial charge in [-0.3, -0.25) is 4.79 Å². The molecule has 0 aliphatic rings. The van der Waals surface area contributed by atoms with E-state index in [0.717, 1.165) is 0 Å². The first kappa shape index (κ1) is 9.61. The number of carbonyl (C=O) groups is 1. The lowest BCUT2D eigenvalue weighted by Gasteiger charge is -2.02. The minimum atomic E-state index is -0.418. The van der Waals surface area contributed by atoms with Gasteiger partial charge in [0.1, 0.15) is 5.82 Å². The highest BCUT2D eigenvalue weighted by atomic mass is 16.5. The number of nitrogens with two attached hydrogens (primary N) is 3. The third-order valence-corrected chi connectivity index (χ3v) is 1.01. The van der Waals surface area contributed by atoms with E-state index >= 15 is 0 Å². The molecule has 5 nitrogen and oxygen atoms in total. The monoisotopic (exact) mass is 159 g/mol. The molecule has 11 heavy (non-hydrogen) atoms. The lowest BCUT2D eigenvalue weighted by molar-refractivity contribution is -0.142. The van der Waals surface area contributed by atoms with E-state index in [4.69, 9.17) is 17.2 Å². The minimum Gasteiger partial charge on any atom is -0.466 e. The molecule has 0 bridgehead atoms. The number of ether oxygens (including phenoxy) is 1. The van der Waals surface area contributed by atoms with Crippen molar-refractivity contribution in [1.29, 1.82) is 0 Å². The highest BCUT2D eigenvalue weighted by Gasteiger charge is 2.04. The fourth-order valence-electron chi connectivity index (χ4n) is 0.470. The second-order valence-corrected chi connectivity index (χ2v) is 1.96. The van der Waals surface area contributed by atoms with Crippen LogP contribution in [0, 0.1) is 0 Å². The van der Waals surface area contributed by atoms with E-state index in [1.54, 1.807) is 6.92 Å². The maximum absolute atomic E-state index is 10.7. The average Bonchev–Trinajstić information content (AvgIpc) is 1.87. The molecule has 0 fully saturated rings. The van der Waals surface area contributed by atoms with Crippen molar-refractivity contribution in [3.8, 4) is 0 Å². The fraction of sp³-hybridized carbons (Fsp3) is 0.500. The Morgan fingerprint density at radius 3 is 2.27 bits per heavy atom. The van der Waals surface area contributed by atoms with Gasteiger partial charge in [0.05, 0.1) is 18.7 Å². The number of rotatable bonds is 3. The first-order valence-electron chi connectivity index (χ1n) is 3.23. The van der Waals surface area contributed by atoms with Gasteiger partial charge in [-0.2, -0.15) is 0 Å². The zero-order valence-electron chi connectivity index (χ0n) is 6.46. The van der Waals surface area contributed by atoms with Crippen LogP contribution < -0.4 is 17.2 Å². The van der Waals surface area contributed by atoms with Gasteiger partial charge < -0.3 is 21.9 Å². The second-order valence-electron chi connectivity index (χ2n) is 1.96. The van der Waals surface area contributed by atoms with Crippen molar-refractivity contribution in [3.63, 3.8) is 0 Å². The van der Waals surface area contributed by atoms with Crippen molar-refractivity contribution in [2.24, 2.45) is 17.2 Å². The molecule has 6 N–H and O–H groups in total. The average molecular weight is 159 g/mol. The molecular weight excluding hydrogens is 146 g/mol. The van der Waals surface area contributed by atoms with Gasteiger partial charge >= 0.3 is 5.97 Å². The molecule has 0 saturated carbocycles. The molecule has 0 saturated heterocycles. The highest BCUT2D eigenvalue weighted by molar-refractivity contribution is 5.72. The van der Waals surface area contributed by atoms with Crippen LogP contribution >= 0.6 is 0 Å². The molecule has 0 rings (SSSR count). The molecule has 0 radical (unpaired) electrons. The van der Waals surface area contributed by atoms with E-state index < -0.39 is 5.97 Å². The molecule has 0 atom stereocenters. The third-order valence-electron chi connectivity index (χ3n) is 1.01. The van der Waals surface area contributed by atoms with Gasteiger partial charge in [0.2, 0.25) is 0 Å². The summed E-state index contributed by atoms with van der Waals surface area (Å²) >= 11 is 0. The predicted molar refractivity (Wildman–Crippen MR) is 40.8 cm³/mol. The van der Waals surface area contributed by atoms with Crippen LogP contribution in [-0.2, 0) is 9.53 Å². The van der Waals surface area contributed by atoms with E-state index in [1.807, 2.05) is 0 Å². The second kappa shape index (κ2) is 4.43. The zero-order valence-corrected chi connectivity index (χ0v) is 6.46. The summed E-state index contributed by atoms with van der Waals surface area (Å²) < 4.78 is 4.60. The Hall–Kier alpha value is -1.39. The number of hydrogen-bond donors (Lipinski definition) is 3. The van der Waals surface area contributed by atoms with Crippen molar-refractivity contribution in [2.45, 2.75) is 13.3 Å². The van der Waals surface area contributed by atoms with Gasteiger partial charge in [0, 0.05) is 0 Å². The fourth-order valence-corrected chi connectivity index (χ4v) is 0.470. The van der Waals surface area contributed by atoms with Gasteiger partial charge in [0.25, 0.3) is 0 Å². The van der Waals surface area contributed by atoms with Gasteiger partial charge in [-0.05, 0) is 6.92 Å². The Kier molecular flexibility index (Phi) is 3.87. The number of hydrogen-bond acceptors (Lipinski definition) is 5. The molecule has 0 amide bonds. The smallest absolute Gasteiger partial charge is 0.311 e. The van der Waals surface area contributed by atoms with Gasteiger partial charge in [0.15, 0.2) is 0 Å². The summed E-state index contributed by atoms with van der Waals surface area (Å²) in [5.41, 5.74) is 15.6. The summed E-state index contributed by atoms with van der Waals surface area (Å²) in [6, 6.07) is 0. The van der Waals surface area contributed by atoms with Crippen molar-refractivity contribution >= 4 is 5.97 Å². The Bertz CT molecular complexity index is 173. The lowest BCUT2D eigenvalue weighted by Crippen LogP contribution is -2.20. The predicted octanol–water partition coefficient (Wildman–Crippen LogP) is -1.02. The van der Waals surface area contributed by atoms with Crippen LogP contribution in [0.3, 0.4) is 0 Å². The van der Waals surface area contributed by atoms with Gasteiger partial charge in [-0.25, -0.2) is 0 Å². The summed E-state index contributed by atoms with van der Waals surface area (Å²) in [5, 5.41) is 0. The molecule has 5 heteroatoms. The Balaban J connectivity index is 3.86. The summed E-state index contributed by atoms with van der Waals surface area (Å²) in [4.78, 5) is 10.7. The van der Waals surface area contributed by atoms with E-state index in [0.29, 0.717) is 6.61 Å². The Labute approximate surface area is 65.2 Å². The maximum Gasteiger partial charge on any atom is 0.311 e. The summed E-state index contributed by atoms with van der Waals surface area (Å²) in [6.07, 6.45) is -0.0455. The van der Waals surface area contributed by atoms with E-state index in [9.17, 15) is 4.79 Å². The SMILES string of the molecule is CCOC(=O)CC(N)=C(N)N. The molecule has 0 unspecified atom stereocenters. The summed E-state index contributed by atoms with van der Waals surface area (Å²) in [7, 11) is 0. The molecule has 0 aliphatic heterocycles. The van der Waals surface area contributed by atoms with Crippen molar-refractivity contribution in [3.05, 3.63) is 11.5 Å². The number of esters is 1. The van der Waals surface area contributed by atoms with Crippen LogP contribution in [0.2, 0.25) is 0 Å². The summed E-state index contributed by atoms with van der Waals surface area (Å²) in [5.74, 6) is -0.448. The zero-order chi connectivity index (χ0) is 8.85.